The van der Waals surface area contributed by atoms with Crippen LogP contribution in [0.25, 0.3) is 35.2 Å². The van der Waals surface area contributed by atoms with Gasteiger partial charge in [0.05, 0.1) is 24.6 Å². The van der Waals surface area contributed by atoms with Gasteiger partial charge in [-0.2, -0.15) is 5.10 Å². The molecule has 1 aliphatic rings. The summed E-state index contributed by atoms with van der Waals surface area (Å²) in [5.74, 6) is 0. The molecule has 2 aromatic carbocycles. The Kier molecular flexibility index (Phi) is 5.74. The SMILES string of the molecule is Brc1cc(N2CCOCC2)ccc1/C=C/c1cc(/C=C/c2ccc3cc[nH]c3c2)n[nH]1. The standard InChI is InChI=1S/C25H23BrN4O/c26-24-17-23(30-11-13-31-14-12-30)8-5-19(24)4-7-22-16-21(28-29-22)6-2-18-1-3-20-9-10-27-25(20)15-18/h1-10,15-17,27H,11-14H2,(H,28,29)/b6-2+,7-4+. The Hall–Kier alpha value is -3.09. The number of benzene rings is 2. The summed E-state index contributed by atoms with van der Waals surface area (Å²) in [6.45, 7) is 3.45. The van der Waals surface area contributed by atoms with Crippen molar-refractivity contribution < 1.29 is 4.74 Å². The number of hydrogen-bond acceptors (Lipinski definition) is 3. The summed E-state index contributed by atoms with van der Waals surface area (Å²) < 4.78 is 6.52. The third-order valence-corrected chi connectivity index (χ3v) is 6.13. The van der Waals surface area contributed by atoms with E-state index in [-0.39, 0.29) is 0 Å². The van der Waals surface area contributed by atoms with Crippen molar-refractivity contribution in [3.8, 4) is 0 Å². The van der Waals surface area contributed by atoms with Gasteiger partial charge in [0.15, 0.2) is 0 Å². The molecule has 0 aliphatic carbocycles. The predicted molar refractivity (Wildman–Crippen MR) is 132 cm³/mol. The van der Waals surface area contributed by atoms with Crippen LogP contribution in [-0.4, -0.2) is 41.5 Å². The number of H-pyrrole nitrogens is 2. The highest BCUT2D eigenvalue weighted by atomic mass is 79.9. The molecule has 5 rings (SSSR count). The number of nitrogens with zero attached hydrogens (tertiary/aromatic N) is 2. The van der Waals surface area contributed by atoms with Gasteiger partial charge in [-0.05, 0) is 59.0 Å². The Balaban J connectivity index is 1.26. The normalized spacial score (nSPS) is 14.9. The van der Waals surface area contributed by atoms with Crippen LogP contribution in [0.2, 0.25) is 0 Å². The van der Waals surface area contributed by atoms with Crippen LogP contribution in [0.4, 0.5) is 5.69 Å². The molecule has 0 amide bonds. The average Bonchev–Trinajstić information content (AvgIpc) is 3.46. The molecule has 1 aliphatic heterocycles. The molecule has 5 nitrogen and oxygen atoms in total. The number of fused-ring (bicyclic) bond motifs is 1. The first kappa shape index (κ1) is 19.8. The minimum atomic E-state index is 0.788. The first-order valence-electron chi connectivity index (χ1n) is 10.4. The van der Waals surface area contributed by atoms with E-state index in [4.69, 9.17) is 4.74 Å². The Bertz CT molecular complexity index is 1250. The van der Waals surface area contributed by atoms with Crippen LogP contribution in [0.1, 0.15) is 22.5 Å². The second-order valence-corrected chi connectivity index (χ2v) is 8.40. The number of aromatic nitrogens is 3. The molecule has 2 aromatic heterocycles. The van der Waals surface area contributed by atoms with Crippen molar-refractivity contribution in [2.45, 2.75) is 0 Å². The summed E-state index contributed by atoms with van der Waals surface area (Å²) in [6.07, 6.45) is 10.2. The molecule has 0 bridgehead atoms. The molecule has 156 valence electrons. The summed E-state index contributed by atoms with van der Waals surface area (Å²) in [4.78, 5) is 5.59. The van der Waals surface area contributed by atoms with Crippen molar-refractivity contribution in [2.24, 2.45) is 0 Å². The van der Waals surface area contributed by atoms with Gasteiger partial charge >= 0.3 is 0 Å². The highest BCUT2D eigenvalue weighted by Gasteiger charge is 2.12. The Morgan fingerprint density at radius 2 is 1.84 bits per heavy atom. The van der Waals surface area contributed by atoms with Gasteiger partial charge in [-0.1, -0.05) is 46.3 Å². The molecule has 0 spiro atoms. The number of aromatic amines is 2. The molecule has 0 unspecified atom stereocenters. The fraction of sp³-hybridized carbons (Fsp3) is 0.160. The van der Waals surface area contributed by atoms with Gasteiger partial charge < -0.3 is 14.6 Å². The number of hydrogen-bond donors (Lipinski definition) is 2. The van der Waals surface area contributed by atoms with Gasteiger partial charge in [-0.25, -0.2) is 0 Å². The zero-order valence-electron chi connectivity index (χ0n) is 17.0. The summed E-state index contributed by atoms with van der Waals surface area (Å²) in [6, 6.07) is 17.0. The quantitative estimate of drug-likeness (QED) is 0.382. The molecule has 4 aromatic rings. The van der Waals surface area contributed by atoms with E-state index in [1.807, 2.05) is 24.4 Å². The van der Waals surface area contributed by atoms with E-state index in [0.717, 1.165) is 58.8 Å². The van der Waals surface area contributed by atoms with Crippen molar-refractivity contribution in [1.29, 1.82) is 0 Å². The van der Waals surface area contributed by atoms with Crippen LogP contribution in [0.5, 0.6) is 0 Å². The molecular formula is C25H23BrN4O. The number of nitrogens with one attached hydrogen (secondary N) is 2. The molecule has 31 heavy (non-hydrogen) atoms. The summed E-state index contributed by atoms with van der Waals surface area (Å²) in [7, 11) is 0. The maximum absolute atomic E-state index is 5.44. The second kappa shape index (κ2) is 8.96. The molecule has 6 heteroatoms. The molecule has 2 N–H and O–H groups in total. The lowest BCUT2D eigenvalue weighted by Crippen LogP contribution is -2.36. The van der Waals surface area contributed by atoms with Gasteiger partial charge in [-0.3, -0.25) is 5.10 Å². The fourth-order valence-electron chi connectivity index (χ4n) is 3.72. The van der Waals surface area contributed by atoms with Crippen LogP contribution in [0.15, 0.2) is 59.2 Å². The third-order valence-electron chi connectivity index (χ3n) is 5.45. The van der Waals surface area contributed by atoms with Crippen LogP contribution in [0, 0.1) is 0 Å². The molecule has 0 saturated carbocycles. The first-order valence-corrected chi connectivity index (χ1v) is 11.1. The molecule has 0 atom stereocenters. The number of halogens is 1. The molecule has 0 radical (unpaired) electrons. The zero-order valence-corrected chi connectivity index (χ0v) is 18.6. The van der Waals surface area contributed by atoms with E-state index in [9.17, 15) is 0 Å². The van der Waals surface area contributed by atoms with E-state index < -0.39 is 0 Å². The summed E-state index contributed by atoms with van der Waals surface area (Å²) in [5.41, 5.74) is 6.48. The van der Waals surface area contributed by atoms with Crippen LogP contribution in [0.3, 0.4) is 0 Å². The van der Waals surface area contributed by atoms with Crippen LogP contribution in [-0.2, 0) is 4.74 Å². The number of rotatable bonds is 5. The second-order valence-electron chi connectivity index (χ2n) is 7.54. The van der Waals surface area contributed by atoms with E-state index >= 15 is 0 Å². The largest absolute Gasteiger partial charge is 0.378 e. The van der Waals surface area contributed by atoms with Crippen molar-refractivity contribution in [3.63, 3.8) is 0 Å². The maximum atomic E-state index is 5.44. The predicted octanol–water partition coefficient (Wildman–Crippen LogP) is 5.83. The van der Waals surface area contributed by atoms with Gasteiger partial charge in [-0.15, -0.1) is 0 Å². The monoisotopic (exact) mass is 474 g/mol. The minimum Gasteiger partial charge on any atom is -0.378 e. The summed E-state index contributed by atoms with van der Waals surface area (Å²) >= 11 is 3.71. The minimum absolute atomic E-state index is 0.788. The highest BCUT2D eigenvalue weighted by Crippen LogP contribution is 2.26. The fourth-order valence-corrected chi connectivity index (χ4v) is 4.22. The van der Waals surface area contributed by atoms with E-state index in [2.05, 4.69) is 90.6 Å². The van der Waals surface area contributed by atoms with Gasteiger partial charge in [0.25, 0.3) is 0 Å². The van der Waals surface area contributed by atoms with E-state index in [1.54, 1.807) is 0 Å². The van der Waals surface area contributed by atoms with Crippen LogP contribution < -0.4 is 4.90 Å². The Morgan fingerprint density at radius 1 is 0.935 bits per heavy atom. The first-order chi connectivity index (χ1) is 15.2. The van der Waals surface area contributed by atoms with E-state index in [1.165, 1.54) is 11.1 Å². The van der Waals surface area contributed by atoms with Crippen molar-refractivity contribution in [1.82, 2.24) is 15.2 Å². The lowest BCUT2D eigenvalue weighted by Gasteiger charge is -2.29. The Labute approximate surface area is 189 Å². The smallest absolute Gasteiger partial charge is 0.0854 e. The maximum Gasteiger partial charge on any atom is 0.0854 e. The number of ether oxygens (including phenoxy) is 1. The zero-order chi connectivity index (χ0) is 21.0. The van der Waals surface area contributed by atoms with Gasteiger partial charge in [0.2, 0.25) is 0 Å². The Morgan fingerprint density at radius 3 is 2.71 bits per heavy atom. The highest BCUT2D eigenvalue weighted by molar-refractivity contribution is 9.10. The van der Waals surface area contributed by atoms with E-state index in [0.29, 0.717) is 0 Å². The molecule has 3 heterocycles. The third kappa shape index (κ3) is 4.65. The molecular weight excluding hydrogens is 452 g/mol. The van der Waals surface area contributed by atoms with Gasteiger partial charge in [0.1, 0.15) is 0 Å². The lowest BCUT2D eigenvalue weighted by molar-refractivity contribution is 0.122. The van der Waals surface area contributed by atoms with Gasteiger partial charge in [0, 0.05) is 35.0 Å². The van der Waals surface area contributed by atoms with Crippen molar-refractivity contribution in [3.05, 3.63) is 81.7 Å². The summed E-state index contributed by atoms with van der Waals surface area (Å²) in [5, 5.41) is 8.70. The van der Waals surface area contributed by atoms with Crippen molar-refractivity contribution in [2.75, 3.05) is 31.2 Å². The van der Waals surface area contributed by atoms with Crippen LogP contribution >= 0.6 is 15.9 Å². The molecule has 1 fully saturated rings. The number of morpholine rings is 1. The lowest BCUT2D eigenvalue weighted by atomic mass is 10.1. The molecule has 1 saturated heterocycles. The average molecular weight is 475 g/mol. The topological polar surface area (TPSA) is 56.9 Å². The van der Waals surface area contributed by atoms with Crippen molar-refractivity contribution >= 4 is 56.8 Å². The number of anilines is 1.